The topological polar surface area (TPSA) is 101 Å². The first-order valence-electron chi connectivity index (χ1n) is 9.11. The minimum Gasteiger partial charge on any atom is -0.444 e. The van der Waals surface area contributed by atoms with Crippen LogP contribution in [-0.4, -0.2) is 53.8 Å². The van der Waals surface area contributed by atoms with E-state index in [0.29, 0.717) is 29.7 Å². The van der Waals surface area contributed by atoms with Crippen LogP contribution in [0.5, 0.6) is 0 Å². The minimum absolute atomic E-state index is 0.219. The molecule has 3 aromatic heterocycles. The zero-order valence-corrected chi connectivity index (χ0v) is 17.1. The number of hydrogen-bond donors (Lipinski definition) is 0. The fourth-order valence-electron chi connectivity index (χ4n) is 3.40. The molecule has 0 spiro atoms. The van der Waals surface area contributed by atoms with Gasteiger partial charge in [-0.25, -0.2) is 14.8 Å². The van der Waals surface area contributed by atoms with Crippen LogP contribution < -0.4 is 0 Å². The number of nitriles is 1. The van der Waals surface area contributed by atoms with Crippen molar-refractivity contribution in [1.82, 2.24) is 29.0 Å². The molecule has 4 heterocycles. The van der Waals surface area contributed by atoms with Crippen molar-refractivity contribution in [3.63, 3.8) is 0 Å². The number of halogens is 1. The van der Waals surface area contributed by atoms with E-state index < -0.39 is 17.2 Å². The SMILES string of the molecule is CC(C)(C)OC(=O)N1CC(CC#N)(n2cc(-c3nc(Cl)cc4nccn34)cn2)C1. The normalized spacial score (nSPS) is 15.8. The van der Waals surface area contributed by atoms with E-state index in [-0.39, 0.29) is 6.42 Å². The van der Waals surface area contributed by atoms with Gasteiger partial charge in [-0.2, -0.15) is 10.4 Å². The van der Waals surface area contributed by atoms with Gasteiger partial charge in [0.2, 0.25) is 0 Å². The molecule has 150 valence electrons. The molecule has 4 rings (SSSR count). The van der Waals surface area contributed by atoms with Crippen molar-refractivity contribution in [2.24, 2.45) is 0 Å². The van der Waals surface area contributed by atoms with Gasteiger partial charge < -0.3 is 9.64 Å². The number of ether oxygens (including phenoxy) is 1. The highest BCUT2D eigenvalue weighted by atomic mass is 35.5. The average Bonchev–Trinajstić information content (AvgIpc) is 3.24. The highest BCUT2D eigenvalue weighted by Crippen LogP contribution is 2.34. The number of amides is 1. The molecule has 1 amide bonds. The van der Waals surface area contributed by atoms with E-state index in [4.69, 9.17) is 16.3 Å². The fraction of sp³-hybridized carbons (Fsp3) is 0.421. The van der Waals surface area contributed by atoms with Crippen molar-refractivity contribution >= 4 is 23.3 Å². The molecule has 1 fully saturated rings. The summed E-state index contributed by atoms with van der Waals surface area (Å²) in [7, 11) is 0. The van der Waals surface area contributed by atoms with Crippen molar-refractivity contribution in [3.05, 3.63) is 36.0 Å². The highest BCUT2D eigenvalue weighted by molar-refractivity contribution is 6.29. The lowest BCUT2D eigenvalue weighted by atomic mass is 9.87. The summed E-state index contributed by atoms with van der Waals surface area (Å²) in [5.74, 6) is 0.603. The number of rotatable bonds is 3. The van der Waals surface area contributed by atoms with Crippen LogP contribution in [-0.2, 0) is 10.3 Å². The van der Waals surface area contributed by atoms with E-state index >= 15 is 0 Å². The molecule has 0 unspecified atom stereocenters. The van der Waals surface area contributed by atoms with Crippen molar-refractivity contribution in [2.75, 3.05) is 13.1 Å². The van der Waals surface area contributed by atoms with E-state index in [1.165, 1.54) is 0 Å². The number of carbonyl (C=O) groups excluding carboxylic acids is 1. The van der Waals surface area contributed by atoms with Crippen LogP contribution in [0.1, 0.15) is 27.2 Å². The Labute approximate surface area is 172 Å². The van der Waals surface area contributed by atoms with Gasteiger partial charge in [0, 0.05) is 24.7 Å². The molecule has 0 aromatic carbocycles. The summed E-state index contributed by atoms with van der Waals surface area (Å²) in [6.45, 7) is 6.16. The summed E-state index contributed by atoms with van der Waals surface area (Å²) in [5.41, 5.74) is 0.247. The second kappa shape index (κ2) is 6.74. The van der Waals surface area contributed by atoms with E-state index in [0.717, 1.165) is 5.56 Å². The quantitative estimate of drug-likeness (QED) is 0.611. The van der Waals surface area contributed by atoms with Gasteiger partial charge in [0.05, 0.1) is 37.3 Å². The summed E-state index contributed by atoms with van der Waals surface area (Å²) in [5, 5.41) is 14.1. The Bertz CT molecular complexity index is 1120. The Balaban J connectivity index is 1.61. The van der Waals surface area contributed by atoms with Crippen LogP contribution in [0.3, 0.4) is 0 Å². The number of aromatic nitrogens is 5. The molecule has 29 heavy (non-hydrogen) atoms. The van der Waals surface area contributed by atoms with Gasteiger partial charge in [-0.1, -0.05) is 11.6 Å². The molecule has 1 aliphatic heterocycles. The first-order chi connectivity index (χ1) is 13.7. The summed E-state index contributed by atoms with van der Waals surface area (Å²) in [4.78, 5) is 22.5. The molecule has 0 saturated carbocycles. The largest absolute Gasteiger partial charge is 0.444 e. The van der Waals surface area contributed by atoms with Gasteiger partial charge in [0.1, 0.15) is 21.9 Å². The van der Waals surface area contributed by atoms with Gasteiger partial charge >= 0.3 is 6.09 Å². The second-order valence-corrected chi connectivity index (χ2v) is 8.51. The Hall–Kier alpha value is -3.12. The molecule has 0 aliphatic carbocycles. The summed E-state index contributed by atoms with van der Waals surface area (Å²) >= 11 is 6.13. The number of imidazole rings is 1. The molecule has 0 atom stereocenters. The van der Waals surface area contributed by atoms with Crippen LogP contribution in [0.15, 0.2) is 30.9 Å². The number of fused-ring (bicyclic) bond motifs is 1. The third-order valence-electron chi connectivity index (χ3n) is 4.72. The smallest absolute Gasteiger partial charge is 0.410 e. The first kappa shape index (κ1) is 19.2. The van der Waals surface area contributed by atoms with Gasteiger partial charge in [-0.05, 0) is 20.8 Å². The molecule has 0 radical (unpaired) electrons. The Kier molecular flexibility index (Phi) is 4.46. The van der Waals surface area contributed by atoms with Crippen molar-refractivity contribution < 1.29 is 9.53 Å². The first-order valence-corrected chi connectivity index (χ1v) is 9.49. The van der Waals surface area contributed by atoms with Crippen molar-refractivity contribution in [2.45, 2.75) is 38.3 Å². The van der Waals surface area contributed by atoms with Crippen LogP contribution in [0.25, 0.3) is 17.0 Å². The lowest BCUT2D eigenvalue weighted by molar-refractivity contribution is -0.0314. The van der Waals surface area contributed by atoms with E-state index in [1.54, 1.807) is 34.2 Å². The average molecular weight is 414 g/mol. The van der Waals surface area contributed by atoms with Gasteiger partial charge in [-0.3, -0.25) is 9.08 Å². The van der Waals surface area contributed by atoms with Gasteiger partial charge in [-0.15, -0.1) is 0 Å². The van der Waals surface area contributed by atoms with Crippen molar-refractivity contribution in [1.29, 1.82) is 5.26 Å². The zero-order chi connectivity index (χ0) is 20.8. The molecular weight excluding hydrogens is 394 g/mol. The van der Waals surface area contributed by atoms with Gasteiger partial charge in [0.25, 0.3) is 0 Å². The maximum Gasteiger partial charge on any atom is 0.410 e. The van der Waals surface area contributed by atoms with E-state index in [9.17, 15) is 10.1 Å². The lowest BCUT2D eigenvalue weighted by Crippen LogP contribution is -2.64. The molecule has 10 heteroatoms. The molecule has 1 aliphatic rings. The standard InChI is InChI=1S/C19H20ClN7O2/c1-18(2,3)29-17(28)25-11-19(12-25,4-5-21)27-10-13(9-23-27)16-24-14(20)8-15-22-6-7-26(15)16/h6-10H,4,11-12H2,1-3H3. The maximum absolute atomic E-state index is 12.3. The molecule has 1 saturated heterocycles. The zero-order valence-electron chi connectivity index (χ0n) is 16.3. The summed E-state index contributed by atoms with van der Waals surface area (Å²) < 4.78 is 8.97. The number of hydrogen-bond acceptors (Lipinski definition) is 6. The number of nitrogens with zero attached hydrogens (tertiary/aromatic N) is 7. The fourth-order valence-corrected chi connectivity index (χ4v) is 3.58. The number of carbonyl (C=O) groups is 1. The predicted molar refractivity (Wildman–Crippen MR) is 105 cm³/mol. The molecule has 0 bridgehead atoms. The van der Waals surface area contributed by atoms with Crippen LogP contribution in [0.4, 0.5) is 4.79 Å². The van der Waals surface area contributed by atoms with Gasteiger partial charge in [0.15, 0.2) is 5.82 Å². The van der Waals surface area contributed by atoms with E-state index in [1.807, 2.05) is 31.4 Å². The van der Waals surface area contributed by atoms with Crippen LogP contribution in [0, 0.1) is 11.3 Å². The third kappa shape index (κ3) is 3.51. The minimum atomic E-state index is -0.601. The Morgan fingerprint density at radius 3 is 2.86 bits per heavy atom. The molecule has 3 aromatic rings. The molecular formula is C19H20ClN7O2. The predicted octanol–water partition coefficient (Wildman–Crippen LogP) is 3.11. The highest BCUT2D eigenvalue weighted by Gasteiger charge is 2.48. The van der Waals surface area contributed by atoms with E-state index in [2.05, 4.69) is 21.1 Å². The van der Waals surface area contributed by atoms with Crippen molar-refractivity contribution in [3.8, 4) is 17.5 Å². The Morgan fingerprint density at radius 1 is 1.41 bits per heavy atom. The van der Waals surface area contributed by atoms with Crippen LogP contribution >= 0.6 is 11.6 Å². The lowest BCUT2D eigenvalue weighted by Gasteiger charge is -2.48. The Morgan fingerprint density at radius 2 is 2.17 bits per heavy atom. The monoisotopic (exact) mass is 413 g/mol. The summed E-state index contributed by atoms with van der Waals surface area (Å²) in [6, 6.07) is 3.89. The van der Waals surface area contributed by atoms with Crippen LogP contribution in [0.2, 0.25) is 5.15 Å². The molecule has 9 nitrogen and oxygen atoms in total. The number of likely N-dealkylation sites (tertiary alicyclic amines) is 1. The maximum atomic E-state index is 12.3. The third-order valence-corrected chi connectivity index (χ3v) is 4.91. The molecule has 0 N–H and O–H groups in total. The summed E-state index contributed by atoms with van der Waals surface area (Å²) in [6.07, 6.45) is 6.79. The second-order valence-electron chi connectivity index (χ2n) is 8.13.